The number of nitrogens with zero attached hydrogens (tertiary/aromatic N) is 5. The highest BCUT2D eigenvalue weighted by Crippen LogP contribution is 2.27. The minimum Gasteiger partial charge on any atom is -0.328 e. The molecule has 144 valence electrons. The van der Waals surface area contributed by atoms with Gasteiger partial charge in [0, 0.05) is 6.20 Å². The third-order valence-corrected chi connectivity index (χ3v) is 3.78. The Balaban J connectivity index is 1.75. The van der Waals surface area contributed by atoms with Crippen molar-refractivity contribution < 1.29 is 22.8 Å². The Bertz CT molecular complexity index is 852. The van der Waals surface area contributed by atoms with Gasteiger partial charge in [-0.3, -0.25) is 9.69 Å². The van der Waals surface area contributed by atoms with Crippen molar-refractivity contribution >= 4 is 23.4 Å². The Labute approximate surface area is 151 Å². The normalized spacial score (nSPS) is 15.1. The minimum absolute atomic E-state index is 0.0535. The Kier molecular flexibility index (Phi) is 4.97. The van der Waals surface area contributed by atoms with Crippen LogP contribution in [0.25, 0.3) is 0 Å². The van der Waals surface area contributed by atoms with E-state index in [0.717, 1.165) is 11.2 Å². The van der Waals surface area contributed by atoms with Gasteiger partial charge in [-0.25, -0.2) is 19.4 Å². The zero-order valence-corrected chi connectivity index (χ0v) is 14.2. The van der Waals surface area contributed by atoms with Gasteiger partial charge in [0.2, 0.25) is 5.91 Å². The molecule has 0 spiro atoms. The van der Waals surface area contributed by atoms with E-state index in [-0.39, 0.29) is 24.1 Å². The number of rotatable bonds is 4. The average Bonchev–Trinajstić information content (AvgIpc) is 3.04. The van der Waals surface area contributed by atoms with Crippen LogP contribution in [0.15, 0.2) is 24.7 Å². The maximum absolute atomic E-state index is 12.6. The summed E-state index contributed by atoms with van der Waals surface area (Å²) in [5.74, 6) is -0.0518. The zero-order valence-electron chi connectivity index (χ0n) is 14.2. The Morgan fingerprint density at radius 1 is 1.41 bits per heavy atom. The van der Waals surface area contributed by atoms with Crippen molar-refractivity contribution in [2.24, 2.45) is 0 Å². The van der Waals surface area contributed by atoms with Gasteiger partial charge in [-0.1, -0.05) is 6.92 Å². The standard InChI is InChI=1S/C15H16F3N7O2/c1-2-9(12-20-8-24(23-12)7-15(16,17)18)22-14(27)25-6-11(26)21-10-4-3-5-19-13(10)25/h3-5,8-9H,2,6-7H2,1H3,(H,21,26)(H,22,27). The number of nitrogens with one attached hydrogen (secondary N) is 2. The van der Waals surface area contributed by atoms with Crippen LogP contribution in [0.4, 0.5) is 29.5 Å². The second-order valence-corrected chi connectivity index (χ2v) is 5.83. The van der Waals surface area contributed by atoms with Crippen LogP contribution in [-0.4, -0.2) is 44.4 Å². The van der Waals surface area contributed by atoms with Gasteiger partial charge in [0.05, 0.1) is 11.7 Å². The number of hydrogen-bond donors (Lipinski definition) is 2. The highest BCUT2D eigenvalue weighted by atomic mass is 19.4. The van der Waals surface area contributed by atoms with Gasteiger partial charge < -0.3 is 10.6 Å². The summed E-state index contributed by atoms with van der Waals surface area (Å²) in [6.45, 7) is 0.223. The predicted octanol–water partition coefficient (Wildman–Crippen LogP) is 1.85. The van der Waals surface area contributed by atoms with Crippen molar-refractivity contribution in [1.82, 2.24) is 25.1 Å². The van der Waals surface area contributed by atoms with Crippen LogP contribution in [0.1, 0.15) is 25.2 Å². The fraction of sp³-hybridized carbons (Fsp3) is 0.400. The summed E-state index contributed by atoms with van der Waals surface area (Å²) in [6, 6.07) is 1.89. The molecule has 2 N–H and O–H groups in total. The highest BCUT2D eigenvalue weighted by molar-refractivity contribution is 6.08. The molecule has 0 radical (unpaired) electrons. The van der Waals surface area contributed by atoms with Crippen LogP contribution < -0.4 is 15.5 Å². The quantitative estimate of drug-likeness (QED) is 0.838. The first-order chi connectivity index (χ1) is 12.8. The molecule has 3 heterocycles. The molecule has 1 aliphatic heterocycles. The van der Waals surface area contributed by atoms with Crippen molar-refractivity contribution in [1.29, 1.82) is 0 Å². The number of fused-ring (bicyclic) bond motifs is 1. The third kappa shape index (κ3) is 4.33. The lowest BCUT2D eigenvalue weighted by Crippen LogP contribution is -2.48. The summed E-state index contributed by atoms with van der Waals surface area (Å²) in [6.07, 6.45) is -1.64. The van der Waals surface area contributed by atoms with E-state index in [0.29, 0.717) is 16.8 Å². The second kappa shape index (κ2) is 7.21. The lowest BCUT2D eigenvalue weighted by atomic mass is 10.2. The Morgan fingerprint density at radius 3 is 2.89 bits per heavy atom. The summed E-state index contributed by atoms with van der Waals surface area (Å²) >= 11 is 0. The topological polar surface area (TPSA) is 105 Å². The van der Waals surface area contributed by atoms with Crippen molar-refractivity contribution in [2.45, 2.75) is 32.1 Å². The number of anilines is 2. The summed E-state index contributed by atoms with van der Waals surface area (Å²) in [5, 5.41) is 9.03. The number of urea groups is 1. The Morgan fingerprint density at radius 2 is 2.19 bits per heavy atom. The molecule has 0 aromatic carbocycles. The van der Waals surface area contributed by atoms with E-state index in [1.54, 1.807) is 19.1 Å². The first-order valence-electron chi connectivity index (χ1n) is 8.06. The lowest BCUT2D eigenvalue weighted by Gasteiger charge is -2.29. The number of carbonyl (C=O) groups excluding carboxylic acids is 2. The lowest BCUT2D eigenvalue weighted by molar-refractivity contribution is -0.142. The van der Waals surface area contributed by atoms with Crippen molar-refractivity contribution in [3.63, 3.8) is 0 Å². The van der Waals surface area contributed by atoms with Crippen LogP contribution >= 0.6 is 0 Å². The first-order valence-corrected chi connectivity index (χ1v) is 8.06. The van der Waals surface area contributed by atoms with Gasteiger partial charge in [-0.15, -0.1) is 0 Å². The van der Waals surface area contributed by atoms with Crippen LogP contribution in [0, 0.1) is 0 Å². The molecule has 0 aliphatic carbocycles. The van der Waals surface area contributed by atoms with Gasteiger partial charge in [0.15, 0.2) is 11.6 Å². The molecule has 3 amide bonds. The monoisotopic (exact) mass is 383 g/mol. The summed E-state index contributed by atoms with van der Waals surface area (Å²) < 4.78 is 38.0. The molecule has 27 heavy (non-hydrogen) atoms. The summed E-state index contributed by atoms with van der Waals surface area (Å²) in [5.41, 5.74) is 0.393. The number of halogens is 3. The molecular weight excluding hydrogens is 367 g/mol. The van der Waals surface area contributed by atoms with Gasteiger partial charge in [-0.2, -0.15) is 18.3 Å². The van der Waals surface area contributed by atoms with E-state index in [1.807, 2.05) is 0 Å². The van der Waals surface area contributed by atoms with E-state index in [2.05, 4.69) is 25.7 Å². The van der Waals surface area contributed by atoms with E-state index in [9.17, 15) is 22.8 Å². The van der Waals surface area contributed by atoms with Crippen molar-refractivity contribution in [3.05, 3.63) is 30.5 Å². The summed E-state index contributed by atoms with van der Waals surface area (Å²) in [4.78, 5) is 33.5. The number of aromatic nitrogens is 4. The maximum atomic E-state index is 12.6. The van der Waals surface area contributed by atoms with E-state index in [4.69, 9.17) is 0 Å². The van der Waals surface area contributed by atoms with Crippen molar-refractivity contribution in [2.75, 3.05) is 16.8 Å². The summed E-state index contributed by atoms with van der Waals surface area (Å²) in [7, 11) is 0. The third-order valence-electron chi connectivity index (χ3n) is 3.78. The zero-order chi connectivity index (χ0) is 19.6. The number of carbonyl (C=O) groups is 2. The second-order valence-electron chi connectivity index (χ2n) is 5.83. The molecule has 2 aromatic heterocycles. The van der Waals surface area contributed by atoms with Crippen LogP contribution in [0.5, 0.6) is 0 Å². The molecular formula is C15H16F3N7O2. The smallest absolute Gasteiger partial charge is 0.328 e. The number of amides is 3. The van der Waals surface area contributed by atoms with Crippen molar-refractivity contribution in [3.8, 4) is 0 Å². The fourth-order valence-corrected chi connectivity index (χ4v) is 2.59. The fourth-order valence-electron chi connectivity index (χ4n) is 2.59. The minimum atomic E-state index is -4.42. The number of alkyl halides is 3. The molecule has 9 nitrogen and oxygen atoms in total. The maximum Gasteiger partial charge on any atom is 0.408 e. The largest absolute Gasteiger partial charge is 0.408 e. The SMILES string of the molecule is CCC(NC(=O)N1CC(=O)Nc2cccnc21)c1ncn(CC(F)(F)F)n1. The van der Waals surface area contributed by atoms with E-state index < -0.39 is 24.8 Å². The van der Waals surface area contributed by atoms with Gasteiger partial charge in [0.1, 0.15) is 19.4 Å². The van der Waals surface area contributed by atoms with Gasteiger partial charge in [0.25, 0.3) is 0 Å². The van der Waals surface area contributed by atoms with Gasteiger partial charge >= 0.3 is 12.2 Å². The van der Waals surface area contributed by atoms with E-state index >= 15 is 0 Å². The predicted molar refractivity (Wildman–Crippen MR) is 87.9 cm³/mol. The molecule has 0 fully saturated rings. The highest BCUT2D eigenvalue weighted by Gasteiger charge is 2.31. The first kappa shape index (κ1) is 18.6. The average molecular weight is 383 g/mol. The molecule has 0 saturated carbocycles. The molecule has 1 unspecified atom stereocenters. The molecule has 2 aromatic rings. The molecule has 1 atom stereocenters. The van der Waals surface area contributed by atoms with Crippen LogP contribution in [0.2, 0.25) is 0 Å². The number of pyridine rings is 1. The van der Waals surface area contributed by atoms with Crippen LogP contribution in [0.3, 0.4) is 0 Å². The molecule has 12 heteroatoms. The molecule has 3 rings (SSSR count). The molecule has 0 bridgehead atoms. The van der Waals surface area contributed by atoms with Gasteiger partial charge in [-0.05, 0) is 18.6 Å². The van der Waals surface area contributed by atoms with E-state index in [1.165, 1.54) is 6.20 Å². The number of hydrogen-bond acceptors (Lipinski definition) is 5. The molecule has 0 saturated heterocycles. The Hall–Kier alpha value is -3.18. The molecule has 1 aliphatic rings. The van der Waals surface area contributed by atoms with Crippen LogP contribution in [-0.2, 0) is 11.3 Å².